The molecule has 0 aliphatic carbocycles. The second-order valence-corrected chi connectivity index (χ2v) is 5.79. The molecular weight excluding hydrogens is 280 g/mol. The second kappa shape index (κ2) is 5.65. The standard InChI is InChI=1S/C21H18N2/c22-19-9-3-7-17-8-4-10-20(21(17)19)23-14-15-11-12-16-5-1-2-6-18(16)13-15/h1-13,23H,14,22H2. The maximum atomic E-state index is 6.16. The van der Waals surface area contributed by atoms with Gasteiger partial charge in [0.15, 0.2) is 0 Å². The van der Waals surface area contributed by atoms with Crippen molar-refractivity contribution in [3.8, 4) is 0 Å². The zero-order valence-electron chi connectivity index (χ0n) is 12.8. The average molecular weight is 298 g/mol. The Morgan fingerprint density at radius 2 is 1.43 bits per heavy atom. The van der Waals surface area contributed by atoms with Gasteiger partial charge in [0.25, 0.3) is 0 Å². The molecule has 0 bridgehead atoms. The Bertz CT molecular complexity index is 984. The Morgan fingerprint density at radius 3 is 2.30 bits per heavy atom. The van der Waals surface area contributed by atoms with E-state index in [1.54, 1.807) is 0 Å². The third-order valence-electron chi connectivity index (χ3n) is 4.23. The Hall–Kier alpha value is -3.00. The van der Waals surface area contributed by atoms with E-state index in [1.807, 2.05) is 12.1 Å². The molecule has 0 saturated heterocycles. The van der Waals surface area contributed by atoms with E-state index in [1.165, 1.54) is 16.3 Å². The molecule has 0 aromatic heterocycles. The van der Waals surface area contributed by atoms with Gasteiger partial charge in [-0.25, -0.2) is 0 Å². The highest BCUT2D eigenvalue weighted by Crippen LogP contribution is 2.29. The molecule has 0 atom stereocenters. The van der Waals surface area contributed by atoms with Gasteiger partial charge in [-0.3, -0.25) is 0 Å². The smallest absolute Gasteiger partial charge is 0.0443 e. The van der Waals surface area contributed by atoms with Crippen molar-refractivity contribution in [2.45, 2.75) is 6.54 Å². The van der Waals surface area contributed by atoms with Crippen molar-refractivity contribution < 1.29 is 0 Å². The van der Waals surface area contributed by atoms with Crippen molar-refractivity contribution in [2.24, 2.45) is 0 Å². The lowest BCUT2D eigenvalue weighted by Gasteiger charge is -2.12. The molecule has 4 rings (SSSR count). The summed E-state index contributed by atoms with van der Waals surface area (Å²) in [6.07, 6.45) is 0. The van der Waals surface area contributed by atoms with E-state index in [4.69, 9.17) is 5.73 Å². The van der Waals surface area contributed by atoms with Gasteiger partial charge in [-0.05, 0) is 39.9 Å². The molecule has 0 spiro atoms. The van der Waals surface area contributed by atoms with Crippen molar-refractivity contribution >= 4 is 32.9 Å². The summed E-state index contributed by atoms with van der Waals surface area (Å²) in [5.74, 6) is 0. The summed E-state index contributed by atoms with van der Waals surface area (Å²) in [4.78, 5) is 0. The van der Waals surface area contributed by atoms with Crippen molar-refractivity contribution in [3.05, 3.63) is 84.4 Å². The minimum absolute atomic E-state index is 0.776. The summed E-state index contributed by atoms with van der Waals surface area (Å²) in [7, 11) is 0. The molecule has 0 aliphatic rings. The van der Waals surface area contributed by atoms with E-state index in [2.05, 4.69) is 72.0 Å². The van der Waals surface area contributed by atoms with Crippen molar-refractivity contribution in [1.29, 1.82) is 0 Å². The Morgan fingerprint density at radius 1 is 0.696 bits per heavy atom. The number of anilines is 2. The van der Waals surface area contributed by atoms with Crippen LogP contribution in [0.1, 0.15) is 5.56 Å². The fraction of sp³-hybridized carbons (Fsp3) is 0.0476. The third-order valence-corrected chi connectivity index (χ3v) is 4.23. The molecule has 112 valence electrons. The lowest BCUT2D eigenvalue weighted by Crippen LogP contribution is -2.01. The fourth-order valence-corrected chi connectivity index (χ4v) is 3.06. The van der Waals surface area contributed by atoms with Gasteiger partial charge in [0.2, 0.25) is 0 Å². The van der Waals surface area contributed by atoms with E-state index in [0.717, 1.165) is 28.7 Å². The normalized spacial score (nSPS) is 11.0. The van der Waals surface area contributed by atoms with Gasteiger partial charge in [-0.15, -0.1) is 0 Å². The molecule has 0 radical (unpaired) electrons. The summed E-state index contributed by atoms with van der Waals surface area (Å²) in [5.41, 5.74) is 9.31. The molecule has 0 saturated carbocycles. The van der Waals surface area contributed by atoms with Crippen LogP contribution < -0.4 is 11.1 Å². The minimum Gasteiger partial charge on any atom is -0.398 e. The van der Waals surface area contributed by atoms with Gasteiger partial charge in [0.05, 0.1) is 0 Å². The SMILES string of the molecule is Nc1cccc2cccc(NCc3ccc4ccccc4c3)c12. The average Bonchev–Trinajstić information content (AvgIpc) is 2.60. The van der Waals surface area contributed by atoms with Crippen LogP contribution in [0.2, 0.25) is 0 Å². The van der Waals surface area contributed by atoms with Crippen LogP contribution in [-0.4, -0.2) is 0 Å². The first kappa shape index (κ1) is 13.6. The van der Waals surface area contributed by atoms with Crippen LogP contribution in [0.4, 0.5) is 11.4 Å². The number of hydrogen-bond acceptors (Lipinski definition) is 2. The van der Waals surface area contributed by atoms with Crippen LogP contribution in [0.5, 0.6) is 0 Å². The van der Waals surface area contributed by atoms with Crippen LogP contribution in [0.15, 0.2) is 78.9 Å². The number of nitrogens with one attached hydrogen (secondary N) is 1. The van der Waals surface area contributed by atoms with Gasteiger partial charge in [0, 0.05) is 23.3 Å². The highest BCUT2D eigenvalue weighted by Gasteiger charge is 2.04. The number of rotatable bonds is 3. The topological polar surface area (TPSA) is 38.0 Å². The molecule has 4 aromatic carbocycles. The molecule has 2 heteroatoms. The zero-order valence-corrected chi connectivity index (χ0v) is 12.8. The zero-order chi connectivity index (χ0) is 15.6. The summed E-state index contributed by atoms with van der Waals surface area (Å²) in [6, 6.07) is 27.3. The van der Waals surface area contributed by atoms with Crippen molar-refractivity contribution in [1.82, 2.24) is 0 Å². The molecule has 0 fully saturated rings. The van der Waals surface area contributed by atoms with Gasteiger partial charge in [-0.1, -0.05) is 60.7 Å². The fourth-order valence-electron chi connectivity index (χ4n) is 3.06. The van der Waals surface area contributed by atoms with Crippen LogP contribution in [0.3, 0.4) is 0 Å². The predicted molar refractivity (Wildman–Crippen MR) is 99.6 cm³/mol. The van der Waals surface area contributed by atoms with Crippen LogP contribution in [0, 0.1) is 0 Å². The lowest BCUT2D eigenvalue weighted by molar-refractivity contribution is 1.16. The van der Waals surface area contributed by atoms with Gasteiger partial charge >= 0.3 is 0 Å². The van der Waals surface area contributed by atoms with E-state index < -0.39 is 0 Å². The Kier molecular flexibility index (Phi) is 3.35. The first-order valence-electron chi connectivity index (χ1n) is 7.80. The largest absolute Gasteiger partial charge is 0.398 e. The van der Waals surface area contributed by atoms with E-state index in [-0.39, 0.29) is 0 Å². The highest BCUT2D eigenvalue weighted by atomic mass is 14.9. The van der Waals surface area contributed by atoms with Crippen LogP contribution in [0.25, 0.3) is 21.5 Å². The Balaban J connectivity index is 1.66. The first-order chi connectivity index (χ1) is 11.3. The molecule has 0 unspecified atom stereocenters. The second-order valence-electron chi connectivity index (χ2n) is 5.79. The predicted octanol–water partition coefficient (Wildman–Crippen LogP) is 5.19. The summed E-state index contributed by atoms with van der Waals surface area (Å²) in [6.45, 7) is 0.776. The van der Waals surface area contributed by atoms with E-state index in [0.29, 0.717) is 0 Å². The summed E-state index contributed by atoms with van der Waals surface area (Å²) in [5, 5.41) is 8.32. The molecular formula is C21H18N2. The summed E-state index contributed by atoms with van der Waals surface area (Å²) >= 11 is 0. The molecule has 23 heavy (non-hydrogen) atoms. The lowest BCUT2D eigenvalue weighted by atomic mass is 10.1. The van der Waals surface area contributed by atoms with Crippen molar-refractivity contribution in [3.63, 3.8) is 0 Å². The molecule has 0 heterocycles. The quantitative estimate of drug-likeness (QED) is 0.511. The molecule has 2 nitrogen and oxygen atoms in total. The van der Waals surface area contributed by atoms with Gasteiger partial charge in [0.1, 0.15) is 0 Å². The molecule has 3 N–H and O–H groups in total. The minimum atomic E-state index is 0.776. The van der Waals surface area contributed by atoms with Crippen molar-refractivity contribution in [2.75, 3.05) is 11.1 Å². The monoisotopic (exact) mass is 298 g/mol. The number of nitrogens with two attached hydrogens (primary N) is 1. The third kappa shape index (κ3) is 2.59. The molecule has 0 amide bonds. The molecule has 0 aliphatic heterocycles. The Labute approximate surface area is 135 Å². The van der Waals surface area contributed by atoms with Crippen LogP contribution >= 0.6 is 0 Å². The van der Waals surface area contributed by atoms with Gasteiger partial charge in [-0.2, -0.15) is 0 Å². The number of fused-ring (bicyclic) bond motifs is 2. The maximum absolute atomic E-state index is 6.16. The first-order valence-corrected chi connectivity index (χ1v) is 7.80. The summed E-state index contributed by atoms with van der Waals surface area (Å²) < 4.78 is 0. The number of benzene rings is 4. The van der Waals surface area contributed by atoms with E-state index in [9.17, 15) is 0 Å². The van der Waals surface area contributed by atoms with Gasteiger partial charge < -0.3 is 11.1 Å². The van der Waals surface area contributed by atoms with E-state index >= 15 is 0 Å². The number of nitrogen functional groups attached to an aromatic ring is 1. The maximum Gasteiger partial charge on any atom is 0.0443 e. The molecule has 4 aromatic rings. The number of hydrogen-bond donors (Lipinski definition) is 2. The van der Waals surface area contributed by atoms with Crippen LogP contribution in [-0.2, 0) is 6.54 Å². The highest BCUT2D eigenvalue weighted by molar-refractivity contribution is 6.02.